The van der Waals surface area contributed by atoms with E-state index in [4.69, 9.17) is 4.74 Å². The van der Waals surface area contributed by atoms with E-state index in [-0.39, 0.29) is 18.2 Å². The minimum atomic E-state index is -0.868. The molecule has 2 fully saturated rings. The summed E-state index contributed by atoms with van der Waals surface area (Å²) in [5, 5.41) is 11.7. The minimum Gasteiger partial charge on any atom is -0.497 e. The van der Waals surface area contributed by atoms with E-state index in [1.54, 1.807) is 12.0 Å². The fourth-order valence-corrected chi connectivity index (χ4v) is 4.74. The second-order valence-electron chi connectivity index (χ2n) is 7.36. The predicted molar refractivity (Wildman–Crippen MR) is 98.2 cm³/mol. The van der Waals surface area contributed by atoms with Gasteiger partial charge in [-0.05, 0) is 53.1 Å². The summed E-state index contributed by atoms with van der Waals surface area (Å²) in [6, 6.07) is 11.0. The number of benzene rings is 2. The fourth-order valence-electron chi connectivity index (χ4n) is 4.74. The van der Waals surface area contributed by atoms with Crippen LogP contribution < -0.4 is 4.74 Å². The molecule has 2 aliphatic rings. The molecule has 3 atom stereocenters. The lowest BCUT2D eigenvalue weighted by Gasteiger charge is -2.24. The first kappa shape index (κ1) is 16.9. The maximum atomic E-state index is 13.0. The van der Waals surface area contributed by atoms with E-state index in [0.717, 1.165) is 41.3 Å². The second kappa shape index (κ2) is 6.63. The maximum Gasteiger partial charge on any atom is 0.326 e. The molecule has 5 heteroatoms. The third kappa shape index (κ3) is 2.81. The molecule has 1 aliphatic heterocycles. The van der Waals surface area contributed by atoms with Crippen LogP contribution in [0, 0.1) is 11.8 Å². The van der Waals surface area contributed by atoms with E-state index >= 15 is 0 Å². The number of carboxylic acid groups (broad SMARTS) is 1. The molecule has 1 heterocycles. The van der Waals surface area contributed by atoms with Gasteiger partial charge in [-0.25, -0.2) is 4.79 Å². The molecule has 1 aliphatic carbocycles. The van der Waals surface area contributed by atoms with Gasteiger partial charge in [0.15, 0.2) is 0 Å². The molecule has 1 saturated heterocycles. The number of carboxylic acids is 1. The first-order valence-corrected chi connectivity index (χ1v) is 9.16. The Balaban J connectivity index is 1.62. The number of ether oxygens (including phenoxy) is 1. The molecule has 26 heavy (non-hydrogen) atoms. The number of hydrogen-bond donors (Lipinski definition) is 1. The van der Waals surface area contributed by atoms with Crippen LogP contribution in [0.5, 0.6) is 5.75 Å². The molecule has 0 spiro atoms. The van der Waals surface area contributed by atoms with Crippen molar-refractivity contribution in [1.29, 1.82) is 0 Å². The molecule has 4 rings (SSSR count). The van der Waals surface area contributed by atoms with Gasteiger partial charge < -0.3 is 14.7 Å². The van der Waals surface area contributed by atoms with E-state index in [1.807, 2.05) is 36.4 Å². The molecule has 2 aromatic rings. The number of fused-ring (bicyclic) bond motifs is 2. The topological polar surface area (TPSA) is 66.8 Å². The highest BCUT2D eigenvalue weighted by Crippen LogP contribution is 2.42. The van der Waals surface area contributed by atoms with Crippen molar-refractivity contribution in [3.63, 3.8) is 0 Å². The first-order valence-electron chi connectivity index (χ1n) is 9.16. The predicted octanol–water partition coefficient (Wildman–Crippen LogP) is 3.10. The number of hydrogen-bond acceptors (Lipinski definition) is 3. The Kier molecular flexibility index (Phi) is 4.31. The highest BCUT2D eigenvalue weighted by Gasteiger charge is 2.49. The monoisotopic (exact) mass is 353 g/mol. The quantitative estimate of drug-likeness (QED) is 0.917. The van der Waals surface area contributed by atoms with E-state index in [2.05, 4.69) is 0 Å². The molecule has 0 radical (unpaired) electrons. The van der Waals surface area contributed by atoms with Gasteiger partial charge in [0, 0.05) is 6.54 Å². The van der Waals surface area contributed by atoms with Gasteiger partial charge in [0.2, 0.25) is 5.91 Å². The van der Waals surface area contributed by atoms with Gasteiger partial charge >= 0.3 is 5.97 Å². The zero-order valence-corrected chi connectivity index (χ0v) is 14.9. The summed E-state index contributed by atoms with van der Waals surface area (Å²) in [6.07, 6.45) is 3.23. The lowest BCUT2D eigenvalue weighted by Crippen LogP contribution is -2.44. The number of nitrogens with zero attached hydrogens (tertiary/aromatic N) is 1. The summed E-state index contributed by atoms with van der Waals surface area (Å²) < 4.78 is 5.31. The number of carbonyl (C=O) groups excluding carboxylic acids is 1. The zero-order valence-electron chi connectivity index (χ0n) is 14.9. The molecular formula is C21H23NO4. The second-order valence-corrected chi connectivity index (χ2v) is 7.36. The van der Waals surface area contributed by atoms with Gasteiger partial charge in [-0.2, -0.15) is 0 Å². The summed E-state index contributed by atoms with van der Waals surface area (Å²) >= 11 is 0. The summed E-state index contributed by atoms with van der Waals surface area (Å²) in [5.74, 6) is 0.239. The summed E-state index contributed by atoms with van der Waals surface area (Å²) in [6.45, 7) is 0.578. The van der Waals surface area contributed by atoms with Crippen molar-refractivity contribution in [2.45, 2.75) is 31.7 Å². The lowest BCUT2D eigenvalue weighted by molar-refractivity contribution is -0.149. The molecule has 136 valence electrons. The standard InChI is InChI=1S/C21H23NO4/c1-26-16-9-8-13-4-2-5-14(18(13)11-16)10-19(23)22-12-15-6-3-7-17(15)20(22)21(24)25/h2,4-5,8-9,11,15,17,20H,3,6-7,10,12H2,1H3,(H,24,25). The average molecular weight is 353 g/mol. The van der Waals surface area contributed by atoms with Crippen LogP contribution in [0.25, 0.3) is 10.8 Å². The fraction of sp³-hybridized carbons (Fsp3) is 0.429. The van der Waals surface area contributed by atoms with Gasteiger partial charge in [-0.3, -0.25) is 4.79 Å². The molecule has 1 saturated carbocycles. The number of methoxy groups -OCH3 is 1. The number of likely N-dealkylation sites (tertiary alicyclic amines) is 1. The average Bonchev–Trinajstić information content (AvgIpc) is 3.22. The molecule has 0 aromatic heterocycles. The van der Waals surface area contributed by atoms with Gasteiger partial charge in [-0.15, -0.1) is 0 Å². The van der Waals surface area contributed by atoms with Gasteiger partial charge in [-0.1, -0.05) is 30.7 Å². The number of amides is 1. The number of carbonyl (C=O) groups is 2. The van der Waals surface area contributed by atoms with Crippen molar-refractivity contribution in [3.05, 3.63) is 42.0 Å². The van der Waals surface area contributed by atoms with Gasteiger partial charge in [0.05, 0.1) is 13.5 Å². The van der Waals surface area contributed by atoms with Crippen LogP contribution in [0.4, 0.5) is 0 Å². The van der Waals surface area contributed by atoms with Gasteiger partial charge in [0.1, 0.15) is 11.8 Å². The summed E-state index contributed by atoms with van der Waals surface area (Å²) in [4.78, 5) is 26.4. The van der Waals surface area contributed by atoms with Crippen LogP contribution >= 0.6 is 0 Å². The van der Waals surface area contributed by atoms with E-state index in [0.29, 0.717) is 12.5 Å². The van der Waals surface area contributed by atoms with E-state index in [9.17, 15) is 14.7 Å². The molecule has 1 amide bonds. The smallest absolute Gasteiger partial charge is 0.326 e. The van der Waals surface area contributed by atoms with Crippen molar-refractivity contribution in [2.75, 3.05) is 13.7 Å². The van der Waals surface area contributed by atoms with Crippen LogP contribution in [0.2, 0.25) is 0 Å². The van der Waals surface area contributed by atoms with Gasteiger partial charge in [0.25, 0.3) is 0 Å². The Hall–Kier alpha value is -2.56. The molecule has 0 bridgehead atoms. The molecular weight excluding hydrogens is 330 g/mol. The van der Waals surface area contributed by atoms with Crippen molar-refractivity contribution < 1.29 is 19.4 Å². The largest absolute Gasteiger partial charge is 0.497 e. The van der Waals surface area contributed by atoms with Crippen LogP contribution in [0.3, 0.4) is 0 Å². The third-order valence-corrected chi connectivity index (χ3v) is 5.99. The Labute approximate surface area is 152 Å². The SMILES string of the molecule is COc1ccc2cccc(CC(=O)N3CC4CCCC4C3C(=O)O)c2c1. The molecule has 2 aromatic carbocycles. The lowest BCUT2D eigenvalue weighted by atomic mass is 9.94. The highest BCUT2D eigenvalue weighted by atomic mass is 16.5. The van der Waals surface area contributed by atoms with Crippen LogP contribution in [0.1, 0.15) is 24.8 Å². The zero-order chi connectivity index (χ0) is 18.3. The Morgan fingerprint density at radius 2 is 2.08 bits per heavy atom. The number of rotatable bonds is 4. The summed E-state index contributed by atoms with van der Waals surface area (Å²) in [7, 11) is 1.62. The van der Waals surface area contributed by atoms with Crippen LogP contribution in [-0.2, 0) is 16.0 Å². The molecule has 1 N–H and O–H groups in total. The normalized spacial score (nSPS) is 24.7. The summed E-state index contributed by atoms with van der Waals surface area (Å²) in [5.41, 5.74) is 0.910. The van der Waals surface area contributed by atoms with Crippen molar-refractivity contribution >= 4 is 22.6 Å². The van der Waals surface area contributed by atoms with Crippen molar-refractivity contribution in [3.8, 4) is 5.75 Å². The van der Waals surface area contributed by atoms with Crippen molar-refractivity contribution in [2.24, 2.45) is 11.8 Å². The van der Waals surface area contributed by atoms with Crippen molar-refractivity contribution in [1.82, 2.24) is 4.90 Å². The van der Waals surface area contributed by atoms with E-state index in [1.165, 1.54) is 0 Å². The Bertz CT molecular complexity index is 862. The minimum absolute atomic E-state index is 0.0953. The van der Waals surface area contributed by atoms with E-state index < -0.39 is 12.0 Å². The first-order chi connectivity index (χ1) is 12.6. The van der Waals surface area contributed by atoms with Crippen LogP contribution in [-0.4, -0.2) is 41.6 Å². The molecule has 5 nitrogen and oxygen atoms in total. The third-order valence-electron chi connectivity index (χ3n) is 5.99. The highest BCUT2D eigenvalue weighted by molar-refractivity contribution is 5.92. The Morgan fingerprint density at radius 1 is 1.23 bits per heavy atom. The Morgan fingerprint density at radius 3 is 2.85 bits per heavy atom. The molecule has 3 unspecified atom stereocenters. The maximum absolute atomic E-state index is 13.0. The number of aliphatic carboxylic acids is 1. The van der Waals surface area contributed by atoms with Crippen LogP contribution in [0.15, 0.2) is 36.4 Å².